The lowest BCUT2D eigenvalue weighted by Gasteiger charge is -2.09. The molecule has 98 valence electrons. The number of pyridine rings is 1. The van der Waals surface area contributed by atoms with Crippen LogP contribution in [0, 0.1) is 0 Å². The number of aromatic nitrogens is 1. The molecule has 0 fully saturated rings. The molecule has 0 spiro atoms. The molecule has 1 aromatic heterocycles. The van der Waals surface area contributed by atoms with Gasteiger partial charge in [-0.15, -0.1) is 0 Å². The first-order valence-corrected chi connectivity index (χ1v) is 7.09. The monoisotopic (exact) mass is 335 g/mol. The van der Waals surface area contributed by atoms with Crippen molar-refractivity contribution >= 4 is 38.8 Å². The third kappa shape index (κ3) is 4.01. The van der Waals surface area contributed by atoms with Gasteiger partial charge in [0.25, 0.3) is 0 Å². The number of thiocarbonyl (C=S) groups is 1. The zero-order valence-electron chi connectivity index (χ0n) is 10.3. The first-order valence-electron chi connectivity index (χ1n) is 5.89. The number of nitrogens with zero attached hydrogens (tertiary/aromatic N) is 1. The number of benzene rings is 1. The Balaban J connectivity index is 1.93. The fraction of sp³-hybridized carbons (Fsp3) is 0.143. The topological polar surface area (TPSA) is 50.9 Å². The summed E-state index contributed by atoms with van der Waals surface area (Å²) in [7, 11) is 0. The molecule has 0 saturated heterocycles. The Morgan fingerprint density at radius 2 is 2.21 bits per heavy atom. The molecule has 1 aromatic carbocycles. The number of nitrogens with two attached hydrogens (primary N) is 1. The number of hydrogen-bond donors (Lipinski definition) is 2. The van der Waals surface area contributed by atoms with Crippen LogP contribution in [-0.2, 0) is 6.42 Å². The molecular formula is C14H14BrN3S. The number of rotatable bonds is 5. The Morgan fingerprint density at radius 1 is 1.37 bits per heavy atom. The molecule has 0 bridgehead atoms. The summed E-state index contributed by atoms with van der Waals surface area (Å²) in [4.78, 5) is 4.49. The highest BCUT2D eigenvalue weighted by molar-refractivity contribution is 9.10. The van der Waals surface area contributed by atoms with Gasteiger partial charge in [0.05, 0.1) is 0 Å². The molecule has 3 N–H and O–H groups in total. The maximum Gasteiger partial charge on any atom is 0.105 e. The second kappa shape index (κ2) is 6.63. The number of nitrogens with one attached hydrogen (secondary N) is 1. The molecule has 0 aliphatic rings. The van der Waals surface area contributed by atoms with Gasteiger partial charge in [-0.3, -0.25) is 4.98 Å². The Labute approximate surface area is 126 Å². The van der Waals surface area contributed by atoms with Gasteiger partial charge in [-0.1, -0.05) is 18.3 Å². The van der Waals surface area contributed by atoms with E-state index in [4.69, 9.17) is 18.0 Å². The summed E-state index contributed by atoms with van der Waals surface area (Å²) in [5, 5.41) is 3.36. The van der Waals surface area contributed by atoms with E-state index in [1.54, 1.807) is 6.20 Å². The molecule has 0 saturated carbocycles. The van der Waals surface area contributed by atoms with Gasteiger partial charge >= 0.3 is 0 Å². The van der Waals surface area contributed by atoms with Crippen LogP contribution in [0.25, 0.3) is 0 Å². The molecule has 0 aliphatic heterocycles. The van der Waals surface area contributed by atoms with Crippen LogP contribution in [0.3, 0.4) is 0 Å². The Bertz CT molecular complexity index is 572. The lowest BCUT2D eigenvalue weighted by molar-refractivity contribution is 1.00. The summed E-state index contributed by atoms with van der Waals surface area (Å²) >= 11 is 8.43. The largest absolute Gasteiger partial charge is 0.389 e. The molecule has 19 heavy (non-hydrogen) atoms. The predicted molar refractivity (Wildman–Crippen MR) is 86.5 cm³/mol. The second-order valence-corrected chi connectivity index (χ2v) is 5.39. The smallest absolute Gasteiger partial charge is 0.105 e. The SMILES string of the molecule is NC(=S)c1ccc(NCCc2cccnc2)cc1Br. The normalized spacial score (nSPS) is 10.2. The molecule has 3 nitrogen and oxygen atoms in total. The minimum Gasteiger partial charge on any atom is -0.389 e. The summed E-state index contributed by atoms with van der Waals surface area (Å²) in [6, 6.07) is 9.89. The van der Waals surface area contributed by atoms with Crippen molar-refractivity contribution in [2.45, 2.75) is 6.42 Å². The fourth-order valence-corrected chi connectivity index (χ4v) is 2.62. The van der Waals surface area contributed by atoms with Crippen molar-refractivity contribution < 1.29 is 0 Å². The van der Waals surface area contributed by atoms with Crippen LogP contribution in [0.1, 0.15) is 11.1 Å². The average Bonchev–Trinajstić information content (AvgIpc) is 2.39. The fourth-order valence-electron chi connectivity index (χ4n) is 1.72. The van der Waals surface area contributed by atoms with Gasteiger partial charge < -0.3 is 11.1 Å². The van der Waals surface area contributed by atoms with E-state index in [1.807, 2.05) is 30.5 Å². The zero-order chi connectivity index (χ0) is 13.7. The van der Waals surface area contributed by atoms with E-state index in [0.29, 0.717) is 4.99 Å². The van der Waals surface area contributed by atoms with Crippen LogP contribution in [0.4, 0.5) is 5.69 Å². The standard InChI is InChI=1S/C14H14BrN3S/c15-13-8-11(3-4-12(13)14(16)19)18-7-5-10-2-1-6-17-9-10/h1-4,6,8-9,18H,5,7H2,(H2,16,19). The maximum atomic E-state index is 5.61. The molecule has 5 heteroatoms. The number of hydrogen-bond acceptors (Lipinski definition) is 3. The van der Waals surface area contributed by atoms with Gasteiger partial charge in [0, 0.05) is 34.7 Å². The van der Waals surface area contributed by atoms with Crippen LogP contribution in [0.5, 0.6) is 0 Å². The van der Waals surface area contributed by atoms with Crippen molar-refractivity contribution in [1.82, 2.24) is 4.98 Å². The van der Waals surface area contributed by atoms with Crippen LogP contribution in [0.15, 0.2) is 47.2 Å². The van der Waals surface area contributed by atoms with Crippen molar-refractivity contribution in [3.05, 3.63) is 58.3 Å². The molecule has 0 atom stereocenters. The van der Waals surface area contributed by atoms with Gasteiger partial charge in [-0.05, 0) is 52.2 Å². The Morgan fingerprint density at radius 3 is 2.84 bits per heavy atom. The lowest BCUT2D eigenvalue weighted by atomic mass is 10.2. The van der Waals surface area contributed by atoms with Gasteiger partial charge in [0.1, 0.15) is 4.99 Å². The molecule has 0 aliphatic carbocycles. The van der Waals surface area contributed by atoms with Crippen LogP contribution in [0.2, 0.25) is 0 Å². The van der Waals surface area contributed by atoms with Crippen LogP contribution < -0.4 is 11.1 Å². The molecule has 2 aromatic rings. The summed E-state index contributed by atoms with van der Waals surface area (Å²) in [5.41, 5.74) is 8.72. The third-order valence-corrected chi connectivity index (χ3v) is 3.58. The van der Waals surface area contributed by atoms with E-state index >= 15 is 0 Å². The average molecular weight is 336 g/mol. The van der Waals surface area contributed by atoms with Crippen molar-refractivity contribution in [3.63, 3.8) is 0 Å². The van der Waals surface area contributed by atoms with Crippen molar-refractivity contribution in [2.24, 2.45) is 5.73 Å². The van der Waals surface area contributed by atoms with Gasteiger partial charge in [0.2, 0.25) is 0 Å². The molecule has 1 heterocycles. The van der Waals surface area contributed by atoms with Gasteiger partial charge in [-0.2, -0.15) is 0 Å². The first-order chi connectivity index (χ1) is 9.16. The second-order valence-electron chi connectivity index (χ2n) is 4.10. The van der Waals surface area contributed by atoms with E-state index in [0.717, 1.165) is 28.7 Å². The van der Waals surface area contributed by atoms with E-state index in [9.17, 15) is 0 Å². The Hall–Kier alpha value is -1.46. The maximum absolute atomic E-state index is 5.61. The predicted octanol–water partition coefficient (Wildman–Crippen LogP) is 3.13. The summed E-state index contributed by atoms with van der Waals surface area (Å²) < 4.78 is 0.909. The minimum absolute atomic E-state index is 0.397. The molecule has 0 radical (unpaired) electrons. The van der Waals surface area contributed by atoms with Crippen LogP contribution >= 0.6 is 28.1 Å². The van der Waals surface area contributed by atoms with E-state index in [-0.39, 0.29) is 0 Å². The first kappa shape index (κ1) is 14.0. The van der Waals surface area contributed by atoms with Crippen LogP contribution in [-0.4, -0.2) is 16.5 Å². The highest BCUT2D eigenvalue weighted by atomic mass is 79.9. The number of anilines is 1. The van der Waals surface area contributed by atoms with Crippen molar-refractivity contribution in [1.29, 1.82) is 0 Å². The quantitative estimate of drug-likeness (QED) is 0.824. The van der Waals surface area contributed by atoms with Crippen molar-refractivity contribution in [2.75, 3.05) is 11.9 Å². The van der Waals surface area contributed by atoms with E-state index in [1.165, 1.54) is 5.56 Å². The number of halogens is 1. The molecular weight excluding hydrogens is 322 g/mol. The molecule has 0 amide bonds. The van der Waals surface area contributed by atoms with Crippen molar-refractivity contribution in [3.8, 4) is 0 Å². The van der Waals surface area contributed by atoms with Gasteiger partial charge in [0.15, 0.2) is 0 Å². The summed E-state index contributed by atoms with van der Waals surface area (Å²) in [5.74, 6) is 0. The highest BCUT2D eigenvalue weighted by Gasteiger charge is 2.03. The minimum atomic E-state index is 0.397. The summed E-state index contributed by atoms with van der Waals surface area (Å²) in [6.07, 6.45) is 4.60. The summed E-state index contributed by atoms with van der Waals surface area (Å²) in [6.45, 7) is 0.852. The van der Waals surface area contributed by atoms with E-state index in [2.05, 4.69) is 32.3 Å². The third-order valence-electron chi connectivity index (χ3n) is 2.70. The molecule has 2 rings (SSSR count). The van der Waals surface area contributed by atoms with Gasteiger partial charge in [-0.25, -0.2) is 0 Å². The lowest BCUT2D eigenvalue weighted by Crippen LogP contribution is -2.11. The Kier molecular flexibility index (Phi) is 4.87. The molecule has 0 unspecified atom stereocenters. The zero-order valence-corrected chi connectivity index (χ0v) is 12.7. The highest BCUT2D eigenvalue weighted by Crippen LogP contribution is 2.21. The van der Waals surface area contributed by atoms with E-state index < -0.39 is 0 Å².